The molecule has 4 nitrogen and oxygen atoms in total. The molecule has 0 unspecified atom stereocenters. The van der Waals surface area contributed by atoms with Gasteiger partial charge >= 0.3 is 0 Å². The largest absolute Gasteiger partial charge is 0.381 e. The predicted molar refractivity (Wildman–Crippen MR) is 74.1 cm³/mol. The summed E-state index contributed by atoms with van der Waals surface area (Å²) in [6.07, 6.45) is 3.85. The van der Waals surface area contributed by atoms with E-state index in [0.717, 1.165) is 48.6 Å². The summed E-state index contributed by atoms with van der Waals surface area (Å²) >= 11 is 1.69. The molecule has 0 spiro atoms. The van der Waals surface area contributed by atoms with Gasteiger partial charge in [-0.15, -0.1) is 11.3 Å². The van der Waals surface area contributed by atoms with Gasteiger partial charge in [0.1, 0.15) is 12.1 Å². The second-order valence-electron chi connectivity index (χ2n) is 5.13. The molecular weight excluding hydrogens is 246 g/mol. The number of hydrogen-bond donors (Lipinski definition) is 1. The number of nitrogens with one attached hydrogen (secondary N) is 1. The highest BCUT2D eigenvalue weighted by Crippen LogP contribution is 2.31. The van der Waals surface area contributed by atoms with E-state index in [4.69, 9.17) is 4.74 Å². The maximum absolute atomic E-state index is 5.42. The fraction of sp³-hybridized carbons (Fsp3) is 0.538. The molecule has 5 heteroatoms. The van der Waals surface area contributed by atoms with Gasteiger partial charge in [-0.1, -0.05) is 6.92 Å². The molecule has 1 fully saturated rings. The van der Waals surface area contributed by atoms with E-state index in [1.807, 2.05) is 6.07 Å². The molecule has 3 rings (SSSR count). The smallest absolute Gasteiger partial charge is 0.147 e. The molecule has 0 saturated carbocycles. The van der Waals surface area contributed by atoms with Crippen LogP contribution in [-0.2, 0) is 4.74 Å². The third kappa shape index (κ3) is 2.33. The fourth-order valence-electron chi connectivity index (χ4n) is 2.25. The highest BCUT2D eigenvalue weighted by Gasteiger charge is 2.27. The molecule has 1 aliphatic rings. The first-order valence-electron chi connectivity index (χ1n) is 6.27. The van der Waals surface area contributed by atoms with Crippen molar-refractivity contribution in [1.29, 1.82) is 0 Å². The van der Waals surface area contributed by atoms with E-state index in [1.54, 1.807) is 17.7 Å². The summed E-state index contributed by atoms with van der Waals surface area (Å²) in [5.41, 5.74) is 1.34. The van der Waals surface area contributed by atoms with Crippen LogP contribution in [0.5, 0.6) is 0 Å². The molecule has 0 aliphatic carbocycles. The van der Waals surface area contributed by atoms with E-state index < -0.39 is 0 Å². The third-order valence-electron chi connectivity index (χ3n) is 3.63. The van der Waals surface area contributed by atoms with Crippen molar-refractivity contribution in [2.45, 2.75) is 19.8 Å². The van der Waals surface area contributed by atoms with Gasteiger partial charge in [-0.3, -0.25) is 0 Å². The number of ether oxygens (including phenoxy) is 1. The van der Waals surface area contributed by atoms with Crippen LogP contribution in [0.3, 0.4) is 0 Å². The van der Waals surface area contributed by atoms with Gasteiger partial charge in [0.25, 0.3) is 0 Å². The lowest BCUT2D eigenvalue weighted by Crippen LogP contribution is -2.33. The molecule has 1 aliphatic heterocycles. The van der Waals surface area contributed by atoms with Crippen LogP contribution in [-0.4, -0.2) is 29.7 Å². The molecule has 0 aromatic carbocycles. The van der Waals surface area contributed by atoms with E-state index in [2.05, 4.69) is 27.6 Å². The van der Waals surface area contributed by atoms with Crippen LogP contribution in [0.2, 0.25) is 0 Å². The van der Waals surface area contributed by atoms with Gasteiger partial charge in [0.2, 0.25) is 0 Å². The quantitative estimate of drug-likeness (QED) is 0.925. The molecule has 1 saturated heterocycles. The number of rotatable bonds is 3. The van der Waals surface area contributed by atoms with Crippen molar-refractivity contribution in [1.82, 2.24) is 9.97 Å². The Bertz CT molecular complexity index is 534. The Balaban J connectivity index is 1.74. The van der Waals surface area contributed by atoms with E-state index in [1.165, 1.54) is 0 Å². The monoisotopic (exact) mass is 263 g/mol. The summed E-state index contributed by atoms with van der Waals surface area (Å²) in [6, 6.07) is 2.03. The lowest BCUT2D eigenvalue weighted by Gasteiger charge is -2.33. The minimum atomic E-state index is 0.312. The predicted octanol–water partition coefficient (Wildman–Crippen LogP) is 2.92. The summed E-state index contributed by atoms with van der Waals surface area (Å²) in [6.45, 7) is 5.00. The Morgan fingerprint density at radius 3 is 3.06 bits per heavy atom. The van der Waals surface area contributed by atoms with Crippen molar-refractivity contribution in [3.8, 4) is 0 Å². The van der Waals surface area contributed by atoms with Crippen molar-refractivity contribution >= 4 is 27.4 Å². The van der Waals surface area contributed by atoms with Crippen LogP contribution in [0.15, 0.2) is 17.8 Å². The Kier molecular flexibility index (Phi) is 3.18. The lowest BCUT2D eigenvalue weighted by molar-refractivity contribution is 0.0300. The lowest BCUT2D eigenvalue weighted by atomic mass is 9.82. The molecule has 18 heavy (non-hydrogen) atoms. The topological polar surface area (TPSA) is 47.0 Å². The molecule has 0 bridgehead atoms. The Morgan fingerprint density at radius 2 is 2.22 bits per heavy atom. The minimum Gasteiger partial charge on any atom is -0.381 e. The van der Waals surface area contributed by atoms with E-state index in [9.17, 15) is 0 Å². The van der Waals surface area contributed by atoms with Crippen molar-refractivity contribution in [2.24, 2.45) is 5.41 Å². The summed E-state index contributed by atoms with van der Waals surface area (Å²) < 4.78 is 6.57. The van der Waals surface area contributed by atoms with Crippen LogP contribution in [0.25, 0.3) is 10.2 Å². The van der Waals surface area contributed by atoms with Gasteiger partial charge in [0, 0.05) is 19.8 Å². The first kappa shape index (κ1) is 11.9. The zero-order valence-corrected chi connectivity index (χ0v) is 11.3. The summed E-state index contributed by atoms with van der Waals surface area (Å²) in [7, 11) is 0. The molecule has 0 radical (unpaired) electrons. The zero-order valence-electron chi connectivity index (χ0n) is 10.5. The highest BCUT2D eigenvalue weighted by molar-refractivity contribution is 7.17. The van der Waals surface area contributed by atoms with Crippen LogP contribution in [0, 0.1) is 5.41 Å². The normalized spacial score (nSPS) is 18.9. The van der Waals surface area contributed by atoms with Crippen molar-refractivity contribution in [3.05, 3.63) is 17.8 Å². The van der Waals surface area contributed by atoms with Crippen molar-refractivity contribution < 1.29 is 4.74 Å². The zero-order chi connectivity index (χ0) is 12.4. The van der Waals surface area contributed by atoms with Crippen LogP contribution >= 0.6 is 11.3 Å². The highest BCUT2D eigenvalue weighted by atomic mass is 32.1. The first-order valence-corrected chi connectivity index (χ1v) is 7.15. The van der Waals surface area contributed by atoms with E-state index in [0.29, 0.717) is 5.41 Å². The Hall–Kier alpha value is -1.20. The number of anilines is 1. The van der Waals surface area contributed by atoms with Crippen LogP contribution in [0.4, 0.5) is 5.82 Å². The summed E-state index contributed by atoms with van der Waals surface area (Å²) in [5, 5.41) is 5.54. The van der Waals surface area contributed by atoms with Gasteiger partial charge in [-0.25, -0.2) is 9.97 Å². The molecular formula is C13H17N3OS. The summed E-state index contributed by atoms with van der Waals surface area (Å²) in [5.74, 6) is 0.961. The molecule has 2 aromatic rings. The molecule has 1 N–H and O–H groups in total. The molecule has 2 aromatic heterocycles. The number of nitrogens with zero attached hydrogens (tertiary/aromatic N) is 2. The fourth-order valence-corrected chi connectivity index (χ4v) is 3.06. The average molecular weight is 263 g/mol. The summed E-state index contributed by atoms with van der Waals surface area (Å²) in [4.78, 5) is 8.60. The second kappa shape index (κ2) is 4.82. The van der Waals surface area contributed by atoms with E-state index in [-0.39, 0.29) is 0 Å². The third-order valence-corrected chi connectivity index (χ3v) is 4.54. The Morgan fingerprint density at radius 1 is 1.39 bits per heavy atom. The van der Waals surface area contributed by atoms with Crippen molar-refractivity contribution in [2.75, 3.05) is 25.1 Å². The van der Waals surface area contributed by atoms with E-state index >= 15 is 0 Å². The van der Waals surface area contributed by atoms with Gasteiger partial charge < -0.3 is 10.1 Å². The minimum absolute atomic E-state index is 0.312. The first-order chi connectivity index (χ1) is 8.77. The molecule has 0 atom stereocenters. The number of thiophene rings is 1. The van der Waals surface area contributed by atoms with Gasteiger partial charge in [0.05, 0.1) is 10.2 Å². The van der Waals surface area contributed by atoms with Gasteiger partial charge in [-0.05, 0) is 29.7 Å². The number of fused-ring (bicyclic) bond motifs is 1. The van der Waals surface area contributed by atoms with Crippen LogP contribution in [0.1, 0.15) is 19.8 Å². The SMILES string of the molecule is CC1(CNc2ncnc3ccsc23)CCOCC1. The second-order valence-corrected chi connectivity index (χ2v) is 6.05. The molecule has 96 valence electrons. The molecule has 3 heterocycles. The maximum Gasteiger partial charge on any atom is 0.147 e. The van der Waals surface area contributed by atoms with Gasteiger partial charge in [0.15, 0.2) is 0 Å². The number of aromatic nitrogens is 2. The standard InChI is InChI=1S/C13H17N3OS/c1-13(3-5-17-6-4-13)8-14-12-11-10(2-7-18-11)15-9-16-12/h2,7,9H,3-6,8H2,1H3,(H,14,15,16). The average Bonchev–Trinajstić information content (AvgIpc) is 2.86. The number of hydrogen-bond acceptors (Lipinski definition) is 5. The van der Waals surface area contributed by atoms with Crippen molar-refractivity contribution in [3.63, 3.8) is 0 Å². The van der Waals surface area contributed by atoms with Crippen LogP contribution < -0.4 is 5.32 Å². The van der Waals surface area contributed by atoms with Gasteiger partial charge in [-0.2, -0.15) is 0 Å². The molecule has 0 amide bonds. The Labute approximate surface area is 110 Å². The maximum atomic E-state index is 5.42.